The molecule has 16 heavy (non-hydrogen) atoms. The van der Waals surface area contributed by atoms with Crippen LogP contribution in [0.2, 0.25) is 5.02 Å². The Morgan fingerprint density at radius 1 is 1.62 bits per heavy atom. The summed E-state index contributed by atoms with van der Waals surface area (Å²) in [6.07, 6.45) is 3.05. The lowest BCUT2D eigenvalue weighted by atomic mass is 10.2. The van der Waals surface area contributed by atoms with Crippen molar-refractivity contribution in [1.29, 1.82) is 0 Å². The van der Waals surface area contributed by atoms with Crippen molar-refractivity contribution in [3.8, 4) is 0 Å². The summed E-state index contributed by atoms with van der Waals surface area (Å²) in [6, 6.07) is 3.55. The van der Waals surface area contributed by atoms with Crippen LogP contribution in [0.3, 0.4) is 0 Å². The topological polar surface area (TPSA) is 70.9 Å². The molecule has 2 N–H and O–H groups in total. The third-order valence-electron chi connectivity index (χ3n) is 2.14. The van der Waals surface area contributed by atoms with E-state index in [4.69, 9.17) is 16.0 Å². The Balaban J connectivity index is 2.21. The molecule has 84 valence electrons. The maximum Gasteiger partial charge on any atom is 0.285 e. The average Bonchev–Trinajstić information content (AvgIpc) is 2.78. The number of halogens is 1. The van der Waals surface area contributed by atoms with E-state index in [0.717, 1.165) is 5.76 Å². The molecule has 0 aliphatic heterocycles. The van der Waals surface area contributed by atoms with Gasteiger partial charge in [0.2, 0.25) is 0 Å². The van der Waals surface area contributed by atoms with Gasteiger partial charge in [0.15, 0.2) is 0 Å². The number of aromatic nitrogens is 2. The summed E-state index contributed by atoms with van der Waals surface area (Å²) in [7, 11) is 0. The Hall–Kier alpha value is -1.75. The van der Waals surface area contributed by atoms with Gasteiger partial charge in [-0.05, 0) is 19.1 Å². The van der Waals surface area contributed by atoms with Gasteiger partial charge in [-0.25, -0.2) is 5.10 Å². The first-order chi connectivity index (χ1) is 7.68. The van der Waals surface area contributed by atoms with Crippen LogP contribution in [-0.4, -0.2) is 10.2 Å². The third-order valence-corrected chi connectivity index (χ3v) is 2.51. The van der Waals surface area contributed by atoms with Crippen LogP contribution in [0, 0.1) is 0 Å². The van der Waals surface area contributed by atoms with Gasteiger partial charge in [0.1, 0.15) is 10.8 Å². The lowest BCUT2D eigenvalue weighted by Crippen LogP contribution is -2.13. The van der Waals surface area contributed by atoms with Crippen molar-refractivity contribution in [2.45, 2.75) is 13.0 Å². The van der Waals surface area contributed by atoms with E-state index in [-0.39, 0.29) is 11.1 Å². The second-order valence-corrected chi connectivity index (χ2v) is 3.69. The molecule has 0 fully saturated rings. The van der Waals surface area contributed by atoms with Crippen molar-refractivity contribution < 1.29 is 4.42 Å². The zero-order valence-corrected chi connectivity index (χ0v) is 9.28. The summed E-state index contributed by atoms with van der Waals surface area (Å²) in [5.41, 5.74) is 0.0626. The third kappa shape index (κ3) is 2.09. The number of aromatic amines is 1. The highest BCUT2D eigenvalue weighted by molar-refractivity contribution is 6.32. The van der Waals surface area contributed by atoms with Gasteiger partial charge in [-0.3, -0.25) is 4.79 Å². The molecule has 6 heteroatoms. The number of nitrogens with zero attached hydrogens (tertiary/aromatic N) is 1. The quantitative estimate of drug-likeness (QED) is 0.861. The SMILES string of the molecule is CC(Nc1cn[nH]c(=O)c1Cl)c1ccco1. The Bertz CT molecular complexity index is 521. The molecule has 2 aromatic rings. The number of anilines is 1. The molecule has 2 rings (SSSR count). The fraction of sp³-hybridized carbons (Fsp3) is 0.200. The smallest absolute Gasteiger partial charge is 0.285 e. The Kier molecular flexibility index (Phi) is 2.96. The molecule has 0 aromatic carbocycles. The Labute approximate surface area is 96.4 Å². The van der Waals surface area contributed by atoms with Crippen LogP contribution in [0.15, 0.2) is 33.8 Å². The van der Waals surface area contributed by atoms with E-state index < -0.39 is 5.56 Å². The second kappa shape index (κ2) is 4.40. The van der Waals surface area contributed by atoms with Crippen LogP contribution in [-0.2, 0) is 0 Å². The molecule has 0 aliphatic rings. The van der Waals surface area contributed by atoms with Crippen molar-refractivity contribution in [3.63, 3.8) is 0 Å². The number of hydrogen-bond donors (Lipinski definition) is 2. The van der Waals surface area contributed by atoms with Crippen LogP contribution in [0.4, 0.5) is 5.69 Å². The molecule has 1 unspecified atom stereocenters. The summed E-state index contributed by atoms with van der Waals surface area (Å²) < 4.78 is 5.23. The van der Waals surface area contributed by atoms with Crippen molar-refractivity contribution in [1.82, 2.24) is 10.2 Å². The van der Waals surface area contributed by atoms with Gasteiger partial charge in [0.25, 0.3) is 5.56 Å². The standard InChI is InChI=1S/C10H10ClN3O2/c1-6(8-3-2-4-16-8)13-7-5-12-14-10(15)9(7)11/h2-6H,1H3,(H2,13,14,15). The predicted molar refractivity (Wildman–Crippen MR) is 60.6 cm³/mol. The summed E-state index contributed by atoms with van der Waals surface area (Å²) in [5, 5.41) is 9.05. The normalized spacial score (nSPS) is 12.4. The minimum Gasteiger partial charge on any atom is -0.467 e. The van der Waals surface area contributed by atoms with E-state index in [1.54, 1.807) is 12.3 Å². The van der Waals surface area contributed by atoms with Gasteiger partial charge in [-0.2, -0.15) is 5.10 Å². The van der Waals surface area contributed by atoms with Gasteiger partial charge in [-0.15, -0.1) is 0 Å². The zero-order valence-electron chi connectivity index (χ0n) is 8.53. The molecular weight excluding hydrogens is 230 g/mol. The number of furan rings is 1. The van der Waals surface area contributed by atoms with Crippen LogP contribution >= 0.6 is 11.6 Å². The van der Waals surface area contributed by atoms with E-state index in [9.17, 15) is 4.79 Å². The van der Waals surface area contributed by atoms with E-state index in [2.05, 4.69) is 15.5 Å². The zero-order chi connectivity index (χ0) is 11.5. The van der Waals surface area contributed by atoms with Crippen LogP contribution in [0.1, 0.15) is 18.7 Å². The lowest BCUT2D eigenvalue weighted by Gasteiger charge is -2.12. The van der Waals surface area contributed by atoms with Gasteiger partial charge in [0.05, 0.1) is 24.2 Å². The van der Waals surface area contributed by atoms with Crippen molar-refractivity contribution in [2.75, 3.05) is 5.32 Å². The molecule has 0 aliphatic carbocycles. The molecule has 0 saturated carbocycles. The van der Waals surface area contributed by atoms with Gasteiger partial charge in [0, 0.05) is 0 Å². The number of nitrogens with one attached hydrogen (secondary N) is 2. The predicted octanol–water partition coefficient (Wildman–Crippen LogP) is 2.19. The molecule has 0 amide bonds. The first kappa shape index (κ1) is 10.8. The fourth-order valence-corrected chi connectivity index (χ4v) is 1.47. The molecule has 0 radical (unpaired) electrons. The Morgan fingerprint density at radius 3 is 3.12 bits per heavy atom. The summed E-state index contributed by atoms with van der Waals surface area (Å²) in [5.74, 6) is 0.761. The van der Waals surface area contributed by atoms with Crippen molar-refractivity contribution >= 4 is 17.3 Å². The number of H-pyrrole nitrogens is 1. The van der Waals surface area contributed by atoms with Crippen LogP contribution < -0.4 is 10.9 Å². The van der Waals surface area contributed by atoms with Crippen LogP contribution in [0.5, 0.6) is 0 Å². The molecule has 0 saturated heterocycles. The lowest BCUT2D eigenvalue weighted by molar-refractivity contribution is 0.490. The van der Waals surface area contributed by atoms with Crippen molar-refractivity contribution in [2.24, 2.45) is 0 Å². The first-order valence-corrected chi connectivity index (χ1v) is 5.09. The van der Waals surface area contributed by atoms with Crippen molar-refractivity contribution in [3.05, 3.63) is 45.7 Å². The number of rotatable bonds is 3. The van der Waals surface area contributed by atoms with Gasteiger partial charge < -0.3 is 9.73 Å². The molecule has 0 bridgehead atoms. The fourth-order valence-electron chi connectivity index (χ4n) is 1.33. The average molecular weight is 240 g/mol. The largest absolute Gasteiger partial charge is 0.467 e. The minimum absolute atomic E-state index is 0.0869. The van der Waals surface area contributed by atoms with Crippen LogP contribution in [0.25, 0.3) is 0 Å². The minimum atomic E-state index is -0.418. The molecule has 0 spiro atoms. The molecule has 2 aromatic heterocycles. The monoisotopic (exact) mass is 239 g/mol. The first-order valence-electron chi connectivity index (χ1n) is 4.71. The molecular formula is C10H10ClN3O2. The Morgan fingerprint density at radius 2 is 2.44 bits per heavy atom. The second-order valence-electron chi connectivity index (χ2n) is 3.31. The number of hydrogen-bond acceptors (Lipinski definition) is 4. The molecule has 5 nitrogen and oxygen atoms in total. The highest BCUT2D eigenvalue weighted by Gasteiger charge is 2.11. The maximum absolute atomic E-state index is 11.2. The van der Waals surface area contributed by atoms with Gasteiger partial charge in [-0.1, -0.05) is 11.6 Å². The van der Waals surface area contributed by atoms with E-state index >= 15 is 0 Å². The highest BCUT2D eigenvalue weighted by Crippen LogP contribution is 2.22. The van der Waals surface area contributed by atoms with E-state index in [1.807, 2.05) is 13.0 Å². The summed E-state index contributed by atoms with van der Waals surface area (Å²) in [6.45, 7) is 1.90. The molecule has 1 atom stereocenters. The van der Waals surface area contributed by atoms with E-state index in [1.165, 1.54) is 6.20 Å². The maximum atomic E-state index is 11.2. The van der Waals surface area contributed by atoms with E-state index in [0.29, 0.717) is 5.69 Å². The summed E-state index contributed by atoms with van der Waals surface area (Å²) in [4.78, 5) is 11.2. The van der Waals surface area contributed by atoms with Gasteiger partial charge >= 0.3 is 0 Å². The summed E-state index contributed by atoms with van der Waals surface area (Å²) >= 11 is 5.82. The molecule has 2 heterocycles. The highest BCUT2D eigenvalue weighted by atomic mass is 35.5.